The van der Waals surface area contributed by atoms with Crippen molar-refractivity contribution in [3.8, 4) is 0 Å². The van der Waals surface area contributed by atoms with E-state index in [0.29, 0.717) is 10.9 Å². The number of hydrogen-bond acceptors (Lipinski definition) is 3. The smallest absolute Gasteiger partial charge is 0.306 e. The molecule has 1 aromatic heterocycles. The molecule has 1 atom stereocenters. The van der Waals surface area contributed by atoms with E-state index in [1.807, 2.05) is 19.1 Å². The van der Waals surface area contributed by atoms with Crippen LogP contribution in [-0.2, 0) is 0 Å². The molecule has 0 bridgehead atoms. The van der Waals surface area contributed by atoms with Gasteiger partial charge in [-0.2, -0.15) is 0 Å². The predicted octanol–water partition coefficient (Wildman–Crippen LogP) is 0.736. The van der Waals surface area contributed by atoms with Gasteiger partial charge in [-0.25, -0.2) is 9.36 Å². The summed E-state index contributed by atoms with van der Waals surface area (Å²) in [5, 5.41) is 3.42. The lowest BCUT2D eigenvalue weighted by Gasteiger charge is -2.13. The van der Waals surface area contributed by atoms with Crippen molar-refractivity contribution in [2.75, 3.05) is 7.05 Å². The van der Waals surface area contributed by atoms with Crippen LogP contribution in [0.5, 0.6) is 0 Å². The Bertz CT molecular complexity index is 669. The van der Waals surface area contributed by atoms with E-state index < -0.39 is 5.69 Å². The largest absolute Gasteiger partial charge is 0.330 e. The number of benzene rings is 1. The molecule has 2 aromatic rings. The minimum atomic E-state index is -0.390. The number of nitrogens with zero attached hydrogens (tertiary/aromatic N) is 1. The summed E-state index contributed by atoms with van der Waals surface area (Å²) < 4.78 is 1.18. The molecule has 0 aliphatic heterocycles. The fourth-order valence-electron chi connectivity index (χ4n) is 1.88. The second kappa shape index (κ2) is 4.18. The van der Waals surface area contributed by atoms with E-state index in [1.165, 1.54) is 4.57 Å². The van der Waals surface area contributed by atoms with E-state index in [0.717, 1.165) is 5.56 Å². The number of H-pyrrole nitrogens is 1. The molecule has 5 nitrogen and oxygen atoms in total. The molecule has 0 aliphatic rings. The van der Waals surface area contributed by atoms with Gasteiger partial charge in [0, 0.05) is 0 Å². The maximum absolute atomic E-state index is 12.2. The summed E-state index contributed by atoms with van der Waals surface area (Å²) in [6.45, 7) is 3.63. The fourth-order valence-corrected chi connectivity index (χ4v) is 1.88. The van der Waals surface area contributed by atoms with Gasteiger partial charge < -0.3 is 10.3 Å². The number of nitrogens with one attached hydrogen (secondary N) is 2. The van der Waals surface area contributed by atoms with Gasteiger partial charge in [-0.15, -0.1) is 0 Å². The van der Waals surface area contributed by atoms with Crippen LogP contribution in [0.3, 0.4) is 0 Å². The van der Waals surface area contributed by atoms with Crippen LogP contribution in [0.2, 0.25) is 0 Å². The minimum absolute atomic E-state index is 0.269. The van der Waals surface area contributed by atoms with Crippen molar-refractivity contribution < 1.29 is 0 Å². The van der Waals surface area contributed by atoms with E-state index in [4.69, 9.17) is 0 Å². The molecule has 2 N–H and O–H groups in total. The monoisotopic (exact) mass is 233 g/mol. The van der Waals surface area contributed by atoms with Gasteiger partial charge >= 0.3 is 5.69 Å². The molecule has 0 amide bonds. The standard InChI is InChI=1S/C12H15N3O2/c1-7-5-4-6-9-10(7)14-12(17)15(11(9)16)8(2)13-3/h4-6,8,13H,1-3H3,(H,14,17). The van der Waals surface area contributed by atoms with Crippen molar-refractivity contribution in [1.29, 1.82) is 0 Å². The third kappa shape index (κ3) is 1.78. The van der Waals surface area contributed by atoms with E-state index in [1.54, 1.807) is 20.0 Å². The molecule has 17 heavy (non-hydrogen) atoms. The Morgan fingerprint density at radius 1 is 1.35 bits per heavy atom. The van der Waals surface area contributed by atoms with Gasteiger partial charge in [-0.3, -0.25) is 4.79 Å². The summed E-state index contributed by atoms with van der Waals surface area (Å²) in [5.74, 6) is 0. The Morgan fingerprint density at radius 3 is 2.71 bits per heavy atom. The molecule has 0 saturated carbocycles. The number of para-hydroxylation sites is 1. The highest BCUT2D eigenvalue weighted by molar-refractivity contribution is 5.80. The average Bonchev–Trinajstić information content (AvgIpc) is 2.30. The van der Waals surface area contributed by atoms with Crippen molar-refractivity contribution in [2.45, 2.75) is 20.0 Å². The van der Waals surface area contributed by atoms with Gasteiger partial charge in [-0.1, -0.05) is 12.1 Å². The van der Waals surface area contributed by atoms with Crippen molar-refractivity contribution in [2.24, 2.45) is 0 Å². The second-order valence-electron chi connectivity index (χ2n) is 4.07. The first kappa shape index (κ1) is 11.6. The number of rotatable bonds is 2. The molecule has 1 unspecified atom stereocenters. The molecular weight excluding hydrogens is 218 g/mol. The quantitative estimate of drug-likeness (QED) is 0.803. The highest BCUT2D eigenvalue weighted by Crippen LogP contribution is 2.10. The van der Waals surface area contributed by atoms with Crippen LogP contribution in [0.15, 0.2) is 27.8 Å². The second-order valence-corrected chi connectivity index (χ2v) is 4.07. The Balaban J connectivity index is 2.91. The van der Waals surface area contributed by atoms with Crippen LogP contribution in [0.25, 0.3) is 10.9 Å². The summed E-state index contributed by atoms with van der Waals surface area (Å²) in [7, 11) is 1.71. The van der Waals surface area contributed by atoms with Gasteiger partial charge in [0.2, 0.25) is 0 Å². The van der Waals surface area contributed by atoms with Crippen LogP contribution in [0, 0.1) is 6.92 Å². The zero-order chi connectivity index (χ0) is 12.6. The molecule has 0 radical (unpaired) electrons. The van der Waals surface area contributed by atoms with Crippen LogP contribution in [0.4, 0.5) is 0 Å². The normalized spacial score (nSPS) is 12.9. The van der Waals surface area contributed by atoms with Crippen molar-refractivity contribution in [3.63, 3.8) is 0 Å². The van der Waals surface area contributed by atoms with E-state index in [9.17, 15) is 9.59 Å². The van der Waals surface area contributed by atoms with Gasteiger partial charge in [0.25, 0.3) is 5.56 Å². The molecular formula is C12H15N3O2. The molecule has 2 rings (SSSR count). The van der Waals surface area contributed by atoms with Crippen LogP contribution in [-0.4, -0.2) is 16.6 Å². The van der Waals surface area contributed by atoms with E-state index >= 15 is 0 Å². The summed E-state index contributed by atoms with van der Waals surface area (Å²) >= 11 is 0. The van der Waals surface area contributed by atoms with Crippen molar-refractivity contribution in [1.82, 2.24) is 14.9 Å². The maximum atomic E-state index is 12.2. The number of aromatic nitrogens is 2. The number of aromatic amines is 1. The first-order valence-corrected chi connectivity index (χ1v) is 5.47. The minimum Gasteiger partial charge on any atom is -0.306 e. The van der Waals surface area contributed by atoms with Crippen molar-refractivity contribution in [3.05, 3.63) is 44.6 Å². The summed E-state index contributed by atoms with van der Waals surface area (Å²) in [6.07, 6.45) is -0.337. The topological polar surface area (TPSA) is 66.9 Å². The highest BCUT2D eigenvalue weighted by Gasteiger charge is 2.12. The molecule has 0 fully saturated rings. The maximum Gasteiger partial charge on any atom is 0.330 e. The average molecular weight is 233 g/mol. The Morgan fingerprint density at radius 2 is 2.06 bits per heavy atom. The number of hydrogen-bond donors (Lipinski definition) is 2. The third-order valence-corrected chi connectivity index (χ3v) is 2.98. The van der Waals surface area contributed by atoms with Gasteiger partial charge in [0.05, 0.1) is 17.1 Å². The molecule has 90 valence electrons. The summed E-state index contributed by atoms with van der Waals surface area (Å²) in [4.78, 5) is 26.8. The van der Waals surface area contributed by atoms with Crippen LogP contribution >= 0.6 is 0 Å². The lowest BCUT2D eigenvalue weighted by atomic mass is 10.1. The molecule has 0 spiro atoms. The Kier molecular flexibility index (Phi) is 2.85. The number of aryl methyl sites for hydroxylation is 1. The summed E-state index contributed by atoms with van der Waals surface area (Å²) in [6, 6.07) is 5.40. The predicted molar refractivity (Wildman–Crippen MR) is 67.3 cm³/mol. The highest BCUT2D eigenvalue weighted by atomic mass is 16.2. The molecule has 0 aliphatic carbocycles. The Labute approximate surface area is 98.1 Å². The van der Waals surface area contributed by atoms with Gasteiger partial charge in [-0.05, 0) is 32.5 Å². The number of fused-ring (bicyclic) bond motifs is 1. The SMILES string of the molecule is CNC(C)n1c(=O)[nH]c2c(C)cccc2c1=O. The van der Waals surface area contributed by atoms with E-state index in [2.05, 4.69) is 10.3 Å². The molecule has 1 heterocycles. The van der Waals surface area contributed by atoms with E-state index in [-0.39, 0.29) is 11.7 Å². The van der Waals surface area contributed by atoms with Gasteiger partial charge in [0.15, 0.2) is 0 Å². The summed E-state index contributed by atoms with van der Waals surface area (Å²) in [5.41, 5.74) is 0.843. The third-order valence-electron chi connectivity index (χ3n) is 2.98. The lowest BCUT2D eigenvalue weighted by Crippen LogP contribution is -2.41. The van der Waals surface area contributed by atoms with Crippen molar-refractivity contribution >= 4 is 10.9 Å². The first-order chi connectivity index (χ1) is 8.06. The first-order valence-electron chi connectivity index (χ1n) is 5.47. The molecule has 0 saturated heterocycles. The molecule has 1 aromatic carbocycles. The lowest BCUT2D eigenvalue weighted by molar-refractivity contribution is 0.447. The van der Waals surface area contributed by atoms with Gasteiger partial charge in [0.1, 0.15) is 0 Å². The Hall–Kier alpha value is -1.88. The molecule has 5 heteroatoms. The zero-order valence-corrected chi connectivity index (χ0v) is 10.1. The zero-order valence-electron chi connectivity index (χ0n) is 10.1. The van der Waals surface area contributed by atoms with Crippen LogP contribution in [0.1, 0.15) is 18.7 Å². The van der Waals surface area contributed by atoms with Crippen LogP contribution < -0.4 is 16.6 Å². The fraction of sp³-hybridized carbons (Fsp3) is 0.333.